The van der Waals surface area contributed by atoms with Gasteiger partial charge in [0.25, 0.3) is 0 Å². The Morgan fingerprint density at radius 2 is 2.15 bits per heavy atom. The first-order valence-corrected chi connectivity index (χ1v) is 10.3. The maximum atomic E-state index is 14.5. The smallest absolute Gasteiger partial charge is 0.247 e. The van der Waals surface area contributed by atoms with Crippen molar-refractivity contribution in [2.24, 2.45) is 0 Å². The lowest BCUT2D eigenvalue weighted by atomic mass is 10.1. The molecular formula is C18H13BrClFN4OS. The van der Waals surface area contributed by atoms with Crippen LogP contribution in [0.5, 0.6) is 5.88 Å². The second-order valence-corrected chi connectivity index (χ2v) is 8.20. The topological polar surface area (TPSA) is 59.9 Å². The lowest BCUT2D eigenvalue weighted by molar-refractivity contribution is 0.220. The number of nitrogens with zero attached hydrogens (tertiary/aromatic N) is 3. The molecule has 1 aromatic heterocycles. The largest absolute Gasteiger partial charge is 0.448 e. The highest BCUT2D eigenvalue weighted by atomic mass is 79.9. The van der Waals surface area contributed by atoms with Gasteiger partial charge in [-0.3, -0.25) is 0 Å². The molecule has 1 N–H and O–H groups in total. The highest BCUT2D eigenvalue weighted by Gasteiger charge is 2.29. The molecule has 0 fully saturated rings. The molecule has 1 atom stereocenters. The predicted octanol–water partition coefficient (Wildman–Crippen LogP) is 5.71. The lowest BCUT2D eigenvalue weighted by Gasteiger charge is -2.20. The van der Waals surface area contributed by atoms with E-state index in [4.69, 9.17) is 16.3 Å². The van der Waals surface area contributed by atoms with Crippen LogP contribution in [0, 0.1) is 5.82 Å². The number of nitrogens with one attached hydrogen (secondary N) is 1. The average molecular weight is 468 g/mol. The van der Waals surface area contributed by atoms with Crippen molar-refractivity contribution in [2.45, 2.75) is 18.3 Å². The highest BCUT2D eigenvalue weighted by Crippen LogP contribution is 2.42. The number of halogens is 3. The molecule has 5 nitrogen and oxygen atoms in total. The van der Waals surface area contributed by atoms with Crippen LogP contribution in [0.15, 0.2) is 46.0 Å². The third-order valence-corrected chi connectivity index (χ3v) is 5.47. The number of anilines is 1. The Morgan fingerprint density at radius 1 is 1.30 bits per heavy atom. The fourth-order valence-electron chi connectivity index (χ4n) is 2.75. The maximum Gasteiger partial charge on any atom is 0.247 e. The van der Waals surface area contributed by atoms with Crippen molar-refractivity contribution in [3.05, 3.63) is 57.3 Å². The van der Waals surface area contributed by atoms with Gasteiger partial charge in [0.05, 0.1) is 10.6 Å². The second-order valence-electron chi connectivity index (χ2n) is 5.65. The zero-order chi connectivity index (χ0) is 19.0. The van der Waals surface area contributed by atoms with Crippen LogP contribution in [0.3, 0.4) is 0 Å². The quantitative estimate of drug-likeness (QED) is 0.498. The Morgan fingerprint density at radius 3 is 2.93 bits per heavy atom. The van der Waals surface area contributed by atoms with E-state index in [2.05, 4.69) is 36.4 Å². The van der Waals surface area contributed by atoms with Crippen LogP contribution >= 0.6 is 39.3 Å². The van der Waals surface area contributed by atoms with Gasteiger partial charge < -0.3 is 10.1 Å². The van der Waals surface area contributed by atoms with E-state index in [1.54, 1.807) is 12.1 Å². The van der Waals surface area contributed by atoms with Gasteiger partial charge in [-0.15, -0.1) is 10.2 Å². The minimum atomic E-state index is -0.865. The Bertz CT molecular complexity index is 1000. The number of rotatable bonds is 3. The fourth-order valence-corrected chi connectivity index (χ4v) is 3.88. The summed E-state index contributed by atoms with van der Waals surface area (Å²) >= 11 is 11.2. The van der Waals surface area contributed by atoms with Gasteiger partial charge in [-0.1, -0.05) is 52.3 Å². The molecule has 0 spiro atoms. The van der Waals surface area contributed by atoms with Crippen LogP contribution in [0.25, 0.3) is 11.3 Å². The van der Waals surface area contributed by atoms with E-state index >= 15 is 0 Å². The molecule has 2 aromatic carbocycles. The molecule has 138 valence electrons. The summed E-state index contributed by atoms with van der Waals surface area (Å²) in [7, 11) is 0. The minimum absolute atomic E-state index is 0.212. The third kappa shape index (κ3) is 3.61. The lowest BCUT2D eigenvalue weighted by Crippen LogP contribution is -2.19. The molecule has 0 aliphatic carbocycles. The first-order chi connectivity index (χ1) is 13.1. The number of fused-ring (bicyclic) bond motifs is 3. The monoisotopic (exact) mass is 466 g/mol. The van der Waals surface area contributed by atoms with Crippen LogP contribution in [0.1, 0.15) is 18.7 Å². The standard InChI is InChI=1S/C18H13BrClFN4OS/c1-2-27-18-23-17-15(24-25-18)10-8-9(19)6-7-13(10)22-16(26-17)14-11(20)4-3-5-12(14)21/h3-8,16,22H,2H2,1H3/t16-/m1/s1. The second kappa shape index (κ2) is 7.61. The molecule has 0 saturated heterocycles. The summed E-state index contributed by atoms with van der Waals surface area (Å²) in [4.78, 5) is 4.47. The predicted molar refractivity (Wildman–Crippen MR) is 108 cm³/mol. The molecular weight excluding hydrogens is 455 g/mol. The summed E-state index contributed by atoms with van der Waals surface area (Å²) < 4.78 is 21.4. The average Bonchev–Trinajstić information content (AvgIpc) is 2.78. The Balaban J connectivity index is 1.90. The first kappa shape index (κ1) is 18.5. The van der Waals surface area contributed by atoms with Gasteiger partial charge in [0, 0.05) is 15.7 Å². The van der Waals surface area contributed by atoms with E-state index in [9.17, 15) is 4.39 Å². The Kier molecular flexibility index (Phi) is 5.21. The number of hydrogen-bond donors (Lipinski definition) is 1. The molecule has 0 saturated carbocycles. The van der Waals surface area contributed by atoms with Gasteiger partial charge >= 0.3 is 0 Å². The number of ether oxygens (including phenoxy) is 1. The molecule has 3 aromatic rings. The van der Waals surface area contributed by atoms with Crippen LogP contribution in [-0.2, 0) is 0 Å². The molecule has 9 heteroatoms. The maximum absolute atomic E-state index is 14.5. The van der Waals surface area contributed by atoms with Crippen molar-refractivity contribution in [1.82, 2.24) is 15.2 Å². The molecule has 27 heavy (non-hydrogen) atoms. The zero-order valence-electron chi connectivity index (χ0n) is 14.0. The van der Waals surface area contributed by atoms with E-state index < -0.39 is 12.0 Å². The molecule has 0 amide bonds. The van der Waals surface area contributed by atoms with E-state index in [0.717, 1.165) is 15.8 Å². The molecule has 1 aliphatic rings. The number of aromatic nitrogens is 3. The van der Waals surface area contributed by atoms with Gasteiger partial charge in [0.15, 0.2) is 5.69 Å². The number of hydrogen-bond acceptors (Lipinski definition) is 6. The van der Waals surface area contributed by atoms with Crippen LogP contribution in [0.4, 0.5) is 10.1 Å². The number of thioether (sulfide) groups is 1. The van der Waals surface area contributed by atoms with Gasteiger partial charge in [-0.2, -0.15) is 4.98 Å². The summed E-state index contributed by atoms with van der Waals surface area (Å²) in [5, 5.41) is 12.4. The van der Waals surface area contributed by atoms with Gasteiger partial charge in [-0.05, 0) is 36.1 Å². The van der Waals surface area contributed by atoms with Crippen molar-refractivity contribution < 1.29 is 9.13 Å². The molecule has 0 unspecified atom stereocenters. The van der Waals surface area contributed by atoms with E-state index in [-0.39, 0.29) is 16.5 Å². The van der Waals surface area contributed by atoms with Crippen LogP contribution < -0.4 is 10.1 Å². The molecule has 1 aliphatic heterocycles. The van der Waals surface area contributed by atoms with Crippen molar-refractivity contribution in [1.29, 1.82) is 0 Å². The summed E-state index contributed by atoms with van der Waals surface area (Å²) in [6, 6.07) is 10.1. The van der Waals surface area contributed by atoms with Crippen molar-refractivity contribution >= 4 is 45.0 Å². The van der Waals surface area contributed by atoms with E-state index in [0.29, 0.717) is 16.5 Å². The number of benzene rings is 2. The Hall–Kier alpha value is -1.90. The summed E-state index contributed by atoms with van der Waals surface area (Å²) in [6.45, 7) is 2.00. The van der Waals surface area contributed by atoms with Gasteiger partial charge in [0.2, 0.25) is 17.3 Å². The van der Waals surface area contributed by atoms with Crippen molar-refractivity contribution in [2.75, 3.05) is 11.1 Å². The SMILES string of the molecule is CCSc1nnc2c(n1)O[C@H](c1c(F)cccc1Cl)Nc1ccc(Br)cc1-2. The van der Waals surface area contributed by atoms with Crippen LogP contribution in [-0.4, -0.2) is 20.9 Å². The van der Waals surface area contributed by atoms with Crippen molar-refractivity contribution in [3.63, 3.8) is 0 Å². The highest BCUT2D eigenvalue weighted by molar-refractivity contribution is 9.10. The third-order valence-electron chi connectivity index (χ3n) is 3.92. The zero-order valence-corrected chi connectivity index (χ0v) is 17.2. The van der Waals surface area contributed by atoms with Crippen molar-refractivity contribution in [3.8, 4) is 17.1 Å². The summed E-state index contributed by atoms with van der Waals surface area (Å²) in [5.74, 6) is 0.602. The van der Waals surface area contributed by atoms with Crippen LogP contribution in [0.2, 0.25) is 5.02 Å². The molecule has 0 radical (unpaired) electrons. The Labute approximate surface area is 172 Å². The van der Waals surface area contributed by atoms with E-state index in [1.807, 2.05) is 25.1 Å². The van der Waals surface area contributed by atoms with Gasteiger partial charge in [-0.25, -0.2) is 4.39 Å². The fraction of sp³-hybridized carbons (Fsp3) is 0.167. The van der Waals surface area contributed by atoms with E-state index in [1.165, 1.54) is 17.8 Å². The normalized spacial score (nSPS) is 15.2. The minimum Gasteiger partial charge on any atom is -0.448 e. The summed E-state index contributed by atoms with van der Waals surface area (Å²) in [6.07, 6.45) is -0.865. The molecule has 2 heterocycles. The van der Waals surface area contributed by atoms with Gasteiger partial charge in [0.1, 0.15) is 5.82 Å². The summed E-state index contributed by atoms with van der Waals surface area (Å²) in [5.41, 5.74) is 2.16. The first-order valence-electron chi connectivity index (χ1n) is 8.11. The molecule has 0 bridgehead atoms. The molecule has 4 rings (SSSR count).